The molecule has 0 aromatic heterocycles. The second kappa shape index (κ2) is 7.09. The molecule has 2 aromatic carbocycles. The first-order valence-corrected chi connectivity index (χ1v) is 6.77. The highest BCUT2D eigenvalue weighted by atomic mass is 19.4. The molecule has 6 heteroatoms. The molecule has 0 radical (unpaired) electrons. The number of alkyl halides is 3. The fourth-order valence-corrected chi connectivity index (χ4v) is 1.95. The van der Waals surface area contributed by atoms with Crippen molar-refractivity contribution in [3.8, 4) is 0 Å². The lowest BCUT2D eigenvalue weighted by Crippen LogP contribution is -2.41. The summed E-state index contributed by atoms with van der Waals surface area (Å²) < 4.78 is 43.6. The van der Waals surface area contributed by atoms with E-state index < -0.39 is 30.5 Å². The predicted molar refractivity (Wildman–Crippen MR) is 76.9 cm³/mol. The zero-order valence-electron chi connectivity index (χ0n) is 11.9. The lowest BCUT2D eigenvalue weighted by Gasteiger charge is -2.19. The van der Waals surface area contributed by atoms with Gasteiger partial charge >= 0.3 is 12.1 Å². The molecule has 0 aliphatic carbocycles. The lowest BCUT2D eigenvalue weighted by molar-refractivity contribution is -0.204. The number of halogens is 3. The average molecular weight is 322 g/mol. The topological polar surface area (TPSA) is 43.4 Å². The quantitative estimate of drug-likeness (QED) is 0.790. The third-order valence-electron chi connectivity index (χ3n) is 3.05. The second-order valence-corrected chi connectivity index (χ2v) is 4.82. The number of esters is 1. The van der Waals surface area contributed by atoms with E-state index in [-0.39, 0.29) is 5.56 Å². The van der Waals surface area contributed by atoms with Crippen molar-refractivity contribution in [1.82, 2.24) is 0 Å². The van der Waals surface area contributed by atoms with Gasteiger partial charge in [0.2, 0.25) is 0 Å². The number of hydrogen-bond acceptors (Lipinski definition) is 3. The van der Waals surface area contributed by atoms with Crippen LogP contribution in [0.25, 0.3) is 0 Å². The van der Waals surface area contributed by atoms with Gasteiger partial charge in [0.05, 0.1) is 5.56 Å². The van der Waals surface area contributed by atoms with Gasteiger partial charge in [-0.2, -0.15) is 13.2 Å². The molecule has 0 amide bonds. The molecule has 0 spiro atoms. The second-order valence-electron chi connectivity index (χ2n) is 4.82. The Morgan fingerprint density at radius 3 is 1.96 bits per heavy atom. The molecule has 0 heterocycles. The minimum atomic E-state index is -4.96. The molecular formula is C17H13F3O3. The van der Waals surface area contributed by atoms with Crippen molar-refractivity contribution in [3.05, 3.63) is 71.8 Å². The molecule has 0 aliphatic heterocycles. The van der Waals surface area contributed by atoms with Gasteiger partial charge in [-0.1, -0.05) is 48.5 Å². The Morgan fingerprint density at radius 1 is 0.913 bits per heavy atom. The van der Waals surface area contributed by atoms with Crippen LogP contribution in [0.5, 0.6) is 0 Å². The first-order chi connectivity index (χ1) is 10.9. The van der Waals surface area contributed by atoms with E-state index in [1.54, 1.807) is 24.3 Å². The van der Waals surface area contributed by atoms with Crippen LogP contribution in [0.3, 0.4) is 0 Å². The van der Waals surface area contributed by atoms with Gasteiger partial charge in [-0.3, -0.25) is 4.79 Å². The minimum Gasteiger partial charge on any atom is -0.441 e. The highest BCUT2D eigenvalue weighted by Gasteiger charge is 2.47. The van der Waals surface area contributed by atoms with Crippen LogP contribution in [0, 0.1) is 0 Å². The van der Waals surface area contributed by atoms with Gasteiger partial charge in [0.1, 0.15) is 0 Å². The number of carbonyl (C=O) groups is 2. The van der Waals surface area contributed by atoms with Gasteiger partial charge in [-0.05, 0) is 17.7 Å². The van der Waals surface area contributed by atoms with Crippen LogP contribution in [0.2, 0.25) is 0 Å². The fourth-order valence-electron chi connectivity index (χ4n) is 1.95. The molecule has 0 saturated carbocycles. The van der Waals surface area contributed by atoms with Gasteiger partial charge in [0.25, 0.3) is 6.10 Å². The largest absolute Gasteiger partial charge is 0.441 e. The molecule has 1 atom stereocenters. The number of benzene rings is 2. The van der Waals surface area contributed by atoms with E-state index in [1.807, 2.05) is 0 Å². The third kappa shape index (κ3) is 4.67. The molecule has 3 nitrogen and oxygen atoms in total. The van der Waals surface area contributed by atoms with E-state index in [1.165, 1.54) is 36.4 Å². The fraction of sp³-hybridized carbons (Fsp3) is 0.176. The molecule has 0 saturated heterocycles. The summed E-state index contributed by atoms with van der Waals surface area (Å²) in [5.41, 5.74) is 0.372. The summed E-state index contributed by atoms with van der Waals surface area (Å²) in [4.78, 5) is 23.7. The minimum absolute atomic E-state index is 0.0470. The Morgan fingerprint density at radius 2 is 1.43 bits per heavy atom. The maximum atomic E-state index is 13.1. The number of ether oxygens (including phenoxy) is 1. The third-order valence-corrected chi connectivity index (χ3v) is 3.05. The normalized spacial score (nSPS) is 12.5. The van der Waals surface area contributed by atoms with Crippen molar-refractivity contribution in [2.45, 2.75) is 18.7 Å². The van der Waals surface area contributed by atoms with Crippen LogP contribution in [0.4, 0.5) is 13.2 Å². The number of carbonyl (C=O) groups excluding carboxylic acids is 2. The Hall–Kier alpha value is -2.63. The molecule has 120 valence electrons. The van der Waals surface area contributed by atoms with E-state index in [0.717, 1.165) is 0 Å². The van der Waals surface area contributed by atoms with Gasteiger partial charge in [-0.25, -0.2) is 4.79 Å². The first-order valence-electron chi connectivity index (χ1n) is 6.77. The maximum Gasteiger partial charge on any atom is 0.432 e. The molecule has 23 heavy (non-hydrogen) atoms. The Bertz CT molecular complexity index is 666. The van der Waals surface area contributed by atoms with Crippen LogP contribution in [-0.2, 0) is 16.0 Å². The average Bonchev–Trinajstić information content (AvgIpc) is 2.53. The summed E-state index contributed by atoms with van der Waals surface area (Å²) in [6.45, 7) is 0. The van der Waals surface area contributed by atoms with Crippen molar-refractivity contribution in [1.29, 1.82) is 0 Å². The van der Waals surface area contributed by atoms with Gasteiger partial charge < -0.3 is 4.74 Å². The molecule has 2 aromatic rings. The van der Waals surface area contributed by atoms with Crippen LogP contribution in [0.15, 0.2) is 60.7 Å². The van der Waals surface area contributed by atoms with Crippen molar-refractivity contribution in [2.24, 2.45) is 0 Å². The number of ketones is 1. The molecule has 1 unspecified atom stereocenters. The SMILES string of the molecule is O=C(OC(C(=O)Cc1ccccc1)C(F)(F)F)c1ccccc1. The van der Waals surface area contributed by atoms with Crippen molar-refractivity contribution in [2.75, 3.05) is 0 Å². The zero-order valence-corrected chi connectivity index (χ0v) is 11.9. The maximum absolute atomic E-state index is 13.1. The van der Waals surface area contributed by atoms with Gasteiger partial charge in [-0.15, -0.1) is 0 Å². The number of hydrogen-bond donors (Lipinski definition) is 0. The Labute approximate surface area is 130 Å². The van der Waals surface area contributed by atoms with Gasteiger partial charge in [0, 0.05) is 6.42 Å². The Balaban J connectivity index is 2.14. The summed E-state index contributed by atoms with van der Waals surface area (Å²) in [6, 6.07) is 15.2. The standard InChI is InChI=1S/C17H13F3O3/c18-17(19,20)15(14(21)11-12-7-3-1-4-8-12)23-16(22)13-9-5-2-6-10-13/h1-10,15H,11H2. The van der Waals surface area contributed by atoms with Crippen molar-refractivity contribution >= 4 is 11.8 Å². The number of rotatable bonds is 5. The smallest absolute Gasteiger partial charge is 0.432 e. The Kier molecular flexibility index (Phi) is 5.16. The van der Waals surface area contributed by atoms with Crippen LogP contribution in [-0.4, -0.2) is 24.0 Å². The van der Waals surface area contributed by atoms with Crippen molar-refractivity contribution < 1.29 is 27.5 Å². The first kappa shape index (κ1) is 16.7. The summed E-state index contributed by atoms with van der Waals surface area (Å²) in [5, 5.41) is 0. The predicted octanol–water partition coefficient (Wildman–Crippen LogP) is 3.59. The van der Waals surface area contributed by atoms with Crippen LogP contribution < -0.4 is 0 Å². The summed E-state index contributed by atoms with van der Waals surface area (Å²) in [6.07, 6.45) is -8.21. The highest BCUT2D eigenvalue weighted by Crippen LogP contribution is 2.25. The zero-order chi connectivity index (χ0) is 16.9. The van der Waals surface area contributed by atoms with E-state index in [2.05, 4.69) is 4.74 Å². The van der Waals surface area contributed by atoms with E-state index in [9.17, 15) is 22.8 Å². The van der Waals surface area contributed by atoms with Crippen molar-refractivity contribution in [3.63, 3.8) is 0 Å². The van der Waals surface area contributed by atoms with Crippen LogP contribution in [0.1, 0.15) is 15.9 Å². The monoisotopic (exact) mass is 322 g/mol. The molecule has 0 fully saturated rings. The summed E-state index contributed by atoms with van der Waals surface area (Å²) >= 11 is 0. The van der Waals surface area contributed by atoms with E-state index in [0.29, 0.717) is 5.56 Å². The van der Waals surface area contributed by atoms with E-state index in [4.69, 9.17) is 0 Å². The molecule has 0 N–H and O–H groups in total. The van der Waals surface area contributed by atoms with Gasteiger partial charge in [0.15, 0.2) is 5.78 Å². The van der Waals surface area contributed by atoms with Crippen LogP contribution >= 0.6 is 0 Å². The molecule has 0 bridgehead atoms. The molecular weight excluding hydrogens is 309 g/mol. The molecule has 0 aliphatic rings. The lowest BCUT2D eigenvalue weighted by atomic mass is 10.1. The summed E-state index contributed by atoms with van der Waals surface area (Å²) in [5.74, 6) is -2.40. The van der Waals surface area contributed by atoms with E-state index >= 15 is 0 Å². The number of Topliss-reactive ketones (excluding diaryl/α,β-unsaturated/α-hetero) is 1. The highest BCUT2D eigenvalue weighted by molar-refractivity contribution is 5.93. The summed E-state index contributed by atoms with van der Waals surface area (Å²) in [7, 11) is 0. The molecule has 2 rings (SSSR count).